The van der Waals surface area contributed by atoms with E-state index in [0.29, 0.717) is 12.0 Å². The molecule has 0 spiro atoms. The van der Waals surface area contributed by atoms with E-state index >= 15 is 0 Å². The Labute approximate surface area is 89.8 Å². The molecule has 1 atom stereocenters. The summed E-state index contributed by atoms with van der Waals surface area (Å²) in [6.07, 6.45) is -0.329. The third-order valence-electron chi connectivity index (χ3n) is 1.93. The van der Waals surface area contributed by atoms with Crippen LogP contribution in [0.3, 0.4) is 0 Å². The number of aliphatic hydroxyl groups is 1. The van der Waals surface area contributed by atoms with E-state index in [2.05, 4.69) is 15.9 Å². The van der Waals surface area contributed by atoms with Crippen LogP contribution in [0.25, 0.3) is 0 Å². The van der Waals surface area contributed by atoms with Gasteiger partial charge in [0.1, 0.15) is 0 Å². The average Bonchev–Trinajstić information content (AvgIpc) is 2.16. The van der Waals surface area contributed by atoms with E-state index in [1.165, 1.54) is 6.07 Å². The Morgan fingerprint density at radius 2 is 2.29 bits per heavy atom. The van der Waals surface area contributed by atoms with Gasteiger partial charge in [-0.2, -0.15) is 0 Å². The molecule has 0 amide bonds. The fourth-order valence-electron chi connectivity index (χ4n) is 1.18. The monoisotopic (exact) mass is 259 g/mol. The highest BCUT2D eigenvalue weighted by molar-refractivity contribution is 9.10. The van der Waals surface area contributed by atoms with Gasteiger partial charge in [-0.3, -0.25) is 10.1 Å². The van der Waals surface area contributed by atoms with Crippen LogP contribution in [0.2, 0.25) is 0 Å². The third kappa shape index (κ3) is 2.30. The minimum atomic E-state index is -0.784. The molecule has 0 aliphatic carbocycles. The Balaban J connectivity index is 3.22. The van der Waals surface area contributed by atoms with Crippen molar-refractivity contribution in [2.75, 3.05) is 0 Å². The molecule has 0 aromatic heterocycles. The second kappa shape index (κ2) is 4.52. The molecule has 0 heterocycles. The Morgan fingerprint density at radius 1 is 1.64 bits per heavy atom. The van der Waals surface area contributed by atoms with E-state index in [0.717, 1.165) is 4.47 Å². The maximum absolute atomic E-state index is 10.6. The highest BCUT2D eigenvalue weighted by Crippen LogP contribution is 2.29. The van der Waals surface area contributed by atoms with Gasteiger partial charge in [0.15, 0.2) is 0 Å². The highest BCUT2D eigenvalue weighted by Gasteiger charge is 2.18. The van der Waals surface area contributed by atoms with Crippen molar-refractivity contribution in [3.05, 3.63) is 38.3 Å². The maximum atomic E-state index is 10.6. The SMILES string of the molecule is CCC(O)c1cc(Br)ccc1[N+](=O)[O-]. The summed E-state index contributed by atoms with van der Waals surface area (Å²) in [4.78, 5) is 10.1. The molecule has 1 aromatic rings. The Kier molecular flexibility index (Phi) is 3.60. The molecule has 0 radical (unpaired) electrons. The predicted molar refractivity (Wildman–Crippen MR) is 56.0 cm³/mol. The lowest BCUT2D eigenvalue weighted by molar-refractivity contribution is -0.386. The maximum Gasteiger partial charge on any atom is 0.275 e. The number of nitro groups is 1. The van der Waals surface area contributed by atoms with Crippen LogP contribution < -0.4 is 0 Å². The minimum Gasteiger partial charge on any atom is -0.388 e. The van der Waals surface area contributed by atoms with Crippen molar-refractivity contribution < 1.29 is 10.0 Å². The first-order valence-electron chi connectivity index (χ1n) is 4.18. The average molecular weight is 260 g/mol. The van der Waals surface area contributed by atoms with Crippen molar-refractivity contribution >= 4 is 21.6 Å². The van der Waals surface area contributed by atoms with Crippen LogP contribution in [-0.4, -0.2) is 10.0 Å². The van der Waals surface area contributed by atoms with Gasteiger partial charge in [0, 0.05) is 10.5 Å². The number of aliphatic hydroxyl groups excluding tert-OH is 1. The van der Waals surface area contributed by atoms with Crippen LogP contribution in [0.1, 0.15) is 25.0 Å². The molecule has 5 heteroatoms. The summed E-state index contributed by atoms with van der Waals surface area (Å²) in [5, 5.41) is 20.2. The highest BCUT2D eigenvalue weighted by atomic mass is 79.9. The number of hydrogen-bond acceptors (Lipinski definition) is 3. The van der Waals surface area contributed by atoms with E-state index in [1.807, 2.05) is 0 Å². The standard InChI is InChI=1S/C9H10BrNO3/c1-2-9(12)7-5-6(10)3-4-8(7)11(13)14/h3-5,9,12H,2H2,1H3. The van der Waals surface area contributed by atoms with Crippen molar-refractivity contribution in [3.8, 4) is 0 Å². The first-order valence-corrected chi connectivity index (χ1v) is 4.97. The number of halogens is 1. The van der Waals surface area contributed by atoms with Gasteiger partial charge in [-0.15, -0.1) is 0 Å². The van der Waals surface area contributed by atoms with E-state index in [9.17, 15) is 15.2 Å². The smallest absolute Gasteiger partial charge is 0.275 e. The summed E-state index contributed by atoms with van der Waals surface area (Å²) < 4.78 is 0.727. The molecule has 1 rings (SSSR count). The predicted octanol–water partition coefficient (Wildman–Crippen LogP) is 2.80. The summed E-state index contributed by atoms with van der Waals surface area (Å²) in [6, 6.07) is 4.55. The fourth-order valence-corrected chi connectivity index (χ4v) is 1.56. The summed E-state index contributed by atoms with van der Waals surface area (Å²) >= 11 is 3.21. The van der Waals surface area contributed by atoms with Gasteiger partial charge in [-0.05, 0) is 18.6 Å². The molecule has 1 N–H and O–H groups in total. The summed E-state index contributed by atoms with van der Waals surface area (Å²) in [5.41, 5.74) is 0.314. The Morgan fingerprint density at radius 3 is 2.79 bits per heavy atom. The zero-order chi connectivity index (χ0) is 10.7. The van der Waals surface area contributed by atoms with E-state index in [1.54, 1.807) is 19.1 Å². The number of nitrogens with zero attached hydrogens (tertiary/aromatic N) is 1. The molecular formula is C9H10BrNO3. The molecular weight excluding hydrogens is 250 g/mol. The van der Waals surface area contributed by atoms with Crippen molar-refractivity contribution in [1.29, 1.82) is 0 Å². The number of hydrogen-bond donors (Lipinski definition) is 1. The van der Waals surface area contributed by atoms with Crippen molar-refractivity contribution in [2.24, 2.45) is 0 Å². The molecule has 1 aromatic carbocycles. The fraction of sp³-hybridized carbons (Fsp3) is 0.333. The van der Waals surface area contributed by atoms with Crippen LogP contribution >= 0.6 is 15.9 Å². The summed E-state index contributed by atoms with van der Waals surface area (Å²) in [7, 11) is 0. The molecule has 4 nitrogen and oxygen atoms in total. The minimum absolute atomic E-state index is 0.0393. The van der Waals surface area contributed by atoms with Crippen LogP contribution in [0.15, 0.2) is 22.7 Å². The molecule has 0 saturated carbocycles. The van der Waals surface area contributed by atoms with Crippen LogP contribution in [0.4, 0.5) is 5.69 Å². The molecule has 0 bridgehead atoms. The van der Waals surface area contributed by atoms with E-state index in [4.69, 9.17) is 0 Å². The van der Waals surface area contributed by atoms with Gasteiger partial charge in [0.25, 0.3) is 5.69 Å². The second-order valence-corrected chi connectivity index (χ2v) is 3.80. The lowest BCUT2D eigenvalue weighted by Gasteiger charge is -2.08. The number of nitro benzene ring substituents is 1. The van der Waals surface area contributed by atoms with Gasteiger partial charge in [0.2, 0.25) is 0 Å². The van der Waals surface area contributed by atoms with Gasteiger partial charge in [-0.25, -0.2) is 0 Å². The van der Waals surface area contributed by atoms with Gasteiger partial charge < -0.3 is 5.11 Å². The van der Waals surface area contributed by atoms with E-state index in [-0.39, 0.29) is 5.69 Å². The van der Waals surface area contributed by atoms with Crippen molar-refractivity contribution in [2.45, 2.75) is 19.4 Å². The second-order valence-electron chi connectivity index (χ2n) is 2.88. The molecule has 0 fully saturated rings. The number of benzene rings is 1. The third-order valence-corrected chi connectivity index (χ3v) is 2.43. The van der Waals surface area contributed by atoms with Crippen LogP contribution in [-0.2, 0) is 0 Å². The Bertz CT molecular complexity index is 354. The molecule has 14 heavy (non-hydrogen) atoms. The molecule has 0 aliphatic heterocycles. The lowest BCUT2D eigenvalue weighted by atomic mass is 10.1. The Hall–Kier alpha value is -0.940. The van der Waals surface area contributed by atoms with Crippen molar-refractivity contribution in [3.63, 3.8) is 0 Å². The summed E-state index contributed by atoms with van der Waals surface area (Å²) in [6.45, 7) is 1.77. The quantitative estimate of drug-likeness (QED) is 0.671. The van der Waals surface area contributed by atoms with Crippen LogP contribution in [0.5, 0.6) is 0 Å². The lowest BCUT2D eigenvalue weighted by Crippen LogP contribution is -2.01. The first-order chi connectivity index (χ1) is 6.56. The molecule has 0 aliphatic rings. The molecule has 0 saturated heterocycles. The summed E-state index contributed by atoms with van der Waals surface area (Å²) in [5.74, 6) is 0. The number of rotatable bonds is 3. The zero-order valence-electron chi connectivity index (χ0n) is 7.61. The van der Waals surface area contributed by atoms with E-state index < -0.39 is 11.0 Å². The first kappa shape index (κ1) is 11.1. The molecule has 1 unspecified atom stereocenters. The van der Waals surface area contributed by atoms with Gasteiger partial charge in [0.05, 0.1) is 16.6 Å². The zero-order valence-corrected chi connectivity index (χ0v) is 9.19. The molecule has 76 valence electrons. The normalized spacial score (nSPS) is 12.5. The topological polar surface area (TPSA) is 63.4 Å². The van der Waals surface area contributed by atoms with Gasteiger partial charge in [-0.1, -0.05) is 22.9 Å². The van der Waals surface area contributed by atoms with Gasteiger partial charge >= 0.3 is 0 Å². The van der Waals surface area contributed by atoms with Crippen molar-refractivity contribution in [1.82, 2.24) is 0 Å². The largest absolute Gasteiger partial charge is 0.388 e. The van der Waals surface area contributed by atoms with Crippen LogP contribution in [0, 0.1) is 10.1 Å².